The zero-order chi connectivity index (χ0) is 22.5. The Hall–Kier alpha value is -2.24. The zero-order valence-corrected chi connectivity index (χ0v) is 19.6. The van der Waals surface area contributed by atoms with Crippen molar-refractivity contribution in [2.45, 2.75) is 79.1 Å². The molecule has 0 saturated carbocycles. The summed E-state index contributed by atoms with van der Waals surface area (Å²) in [5.41, 5.74) is 0.626. The fourth-order valence-electron chi connectivity index (χ4n) is 3.64. The summed E-state index contributed by atoms with van der Waals surface area (Å²) in [6.07, 6.45) is 1.08. The second kappa shape index (κ2) is 10.2. The molecule has 1 aliphatic rings. The van der Waals surface area contributed by atoms with Gasteiger partial charge < -0.3 is 19.3 Å². The first-order valence-electron chi connectivity index (χ1n) is 11.0. The van der Waals surface area contributed by atoms with Crippen molar-refractivity contribution in [3.05, 3.63) is 29.8 Å². The number of benzene rings is 1. The van der Waals surface area contributed by atoms with Gasteiger partial charge in [0.05, 0.1) is 0 Å². The SMILES string of the molecule is Cc1ccc(OC(C)C(=O)N2CCCC(CN(C(=O)OC(C)(C)C)C(C)C)C2)cc1. The number of piperidine rings is 1. The molecule has 0 spiro atoms. The first-order chi connectivity index (χ1) is 14.0. The minimum atomic E-state index is -0.543. The second-order valence-corrected chi connectivity index (χ2v) is 9.59. The number of amides is 2. The molecule has 1 heterocycles. The summed E-state index contributed by atoms with van der Waals surface area (Å²) < 4.78 is 11.4. The first-order valence-corrected chi connectivity index (χ1v) is 11.0. The van der Waals surface area contributed by atoms with Crippen molar-refractivity contribution in [1.82, 2.24) is 9.80 Å². The molecule has 0 bridgehead atoms. The van der Waals surface area contributed by atoms with Crippen molar-refractivity contribution in [2.75, 3.05) is 19.6 Å². The third-order valence-electron chi connectivity index (χ3n) is 5.22. The number of ether oxygens (including phenoxy) is 2. The molecule has 1 fully saturated rings. The number of carbonyl (C=O) groups excluding carboxylic acids is 2. The van der Waals surface area contributed by atoms with E-state index in [9.17, 15) is 9.59 Å². The van der Waals surface area contributed by atoms with Crippen molar-refractivity contribution >= 4 is 12.0 Å². The predicted molar refractivity (Wildman–Crippen MR) is 119 cm³/mol. The van der Waals surface area contributed by atoms with Gasteiger partial charge in [0.15, 0.2) is 6.10 Å². The summed E-state index contributed by atoms with van der Waals surface area (Å²) in [7, 11) is 0. The normalized spacial score (nSPS) is 18.1. The molecule has 168 valence electrons. The average Bonchev–Trinajstić information content (AvgIpc) is 2.65. The van der Waals surface area contributed by atoms with Gasteiger partial charge in [-0.25, -0.2) is 4.79 Å². The highest BCUT2D eigenvalue weighted by molar-refractivity contribution is 5.81. The van der Waals surface area contributed by atoms with Gasteiger partial charge in [-0.2, -0.15) is 0 Å². The maximum atomic E-state index is 13.0. The molecule has 6 heteroatoms. The van der Waals surface area contributed by atoms with Crippen LogP contribution in [0.25, 0.3) is 0 Å². The van der Waals surface area contributed by atoms with E-state index < -0.39 is 11.7 Å². The standard InChI is InChI=1S/C24H38N2O4/c1-17(2)26(23(28)30-24(5,6)7)16-20-9-8-14-25(15-20)22(27)19(4)29-21-12-10-18(3)11-13-21/h10-13,17,19-20H,8-9,14-16H2,1-7H3. The van der Waals surface area contributed by atoms with Crippen LogP contribution in [0.1, 0.15) is 59.9 Å². The summed E-state index contributed by atoms with van der Waals surface area (Å²) in [6, 6.07) is 7.76. The lowest BCUT2D eigenvalue weighted by atomic mass is 9.96. The molecular weight excluding hydrogens is 380 g/mol. The van der Waals surface area contributed by atoms with Gasteiger partial charge in [0, 0.05) is 25.7 Å². The van der Waals surface area contributed by atoms with Crippen LogP contribution in [0.5, 0.6) is 5.75 Å². The number of hydrogen-bond acceptors (Lipinski definition) is 4. The Labute approximate surface area is 181 Å². The van der Waals surface area contributed by atoms with E-state index in [1.54, 1.807) is 11.8 Å². The van der Waals surface area contributed by atoms with Crippen LogP contribution in [-0.4, -0.2) is 59.2 Å². The Morgan fingerprint density at radius 3 is 2.37 bits per heavy atom. The molecule has 0 aromatic heterocycles. The number of hydrogen-bond donors (Lipinski definition) is 0. The first kappa shape index (κ1) is 24.0. The number of carbonyl (C=O) groups is 2. The number of rotatable bonds is 6. The van der Waals surface area contributed by atoms with Gasteiger partial charge in [-0.15, -0.1) is 0 Å². The minimum Gasteiger partial charge on any atom is -0.481 e. The summed E-state index contributed by atoms with van der Waals surface area (Å²) in [4.78, 5) is 29.2. The summed E-state index contributed by atoms with van der Waals surface area (Å²) in [5, 5.41) is 0. The predicted octanol–water partition coefficient (Wildman–Crippen LogP) is 4.65. The van der Waals surface area contributed by atoms with E-state index >= 15 is 0 Å². The number of nitrogens with zero attached hydrogens (tertiary/aromatic N) is 2. The van der Waals surface area contributed by atoms with Gasteiger partial charge in [0.2, 0.25) is 0 Å². The third kappa shape index (κ3) is 7.22. The van der Waals surface area contributed by atoms with Gasteiger partial charge in [-0.05, 0) is 79.4 Å². The Kier molecular flexibility index (Phi) is 8.16. The Balaban J connectivity index is 1.96. The Morgan fingerprint density at radius 2 is 1.80 bits per heavy atom. The smallest absolute Gasteiger partial charge is 0.410 e. The lowest BCUT2D eigenvalue weighted by Crippen LogP contribution is -2.50. The van der Waals surface area contributed by atoms with Crippen LogP contribution in [0, 0.1) is 12.8 Å². The largest absolute Gasteiger partial charge is 0.481 e. The van der Waals surface area contributed by atoms with Crippen LogP contribution in [0.3, 0.4) is 0 Å². The van der Waals surface area contributed by atoms with E-state index in [1.165, 1.54) is 0 Å². The van der Waals surface area contributed by atoms with Gasteiger partial charge in [0.1, 0.15) is 11.4 Å². The molecule has 0 radical (unpaired) electrons. The second-order valence-electron chi connectivity index (χ2n) is 9.59. The Bertz CT molecular complexity index is 709. The van der Waals surface area contributed by atoms with Crippen molar-refractivity contribution in [3.63, 3.8) is 0 Å². The highest BCUT2D eigenvalue weighted by atomic mass is 16.6. The highest BCUT2D eigenvalue weighted by Gasteiger charge is 2.31. The maximum absolute atomic E-state index is 13.0. The van der Waals surface area contributed by atoms with Gasteiger partial charge in [0.25, 0.3) is 5.91 Å². The monoisotopic (exact) mass is 418 g/mol. The van der Waals surface area contributed by atoms with Crippen LogP contribution in [0.2, 0.25) is 0 Å². The van der Waals surface area contributed by atoms with Gasteiger partial charge in [-0.1, -0.05) is 17.7 Å². The molecule has 0 N–H and O–H groups in total. The maximum Gasteiger partial charge on any atom is 0.410 e. The quantitative estimate of drug-likeness (QED) is 0.675. The fourth-order valence-corrected chi connectivity index (χ4v) is 3.64. The van der Waals surface area contributed by atoms with Crippen LogP contribution < -0.4 is 4.74 Å². The molecule has 2 rings (SSSR count). The van der Waals surface area contributed by atoms with Gasteiger partial charge >= 0.3 is 6.09 Å². The summed E-state index contributed by atoms with van der Waals surface area (Å²) in [6.45, 7) is 15.4. The molecule has 2 unspecified atom stereocenters. The minimum absolute atomic E-state index is 0.00589. The zero-order valence-electron chi connectivity index (χ0n) is 19.6. The van der Waals surface area contributed by atoms with Crippen LogP contribution >= 0.6 is 0 Å². The van der Waals surface area contributed by atoms with E-state index in [0.29, 0.717) is 18.8 Å². The van der Waals surface area contributed by atoms with E-state index in [1.807, 2.05) is 70.7 Å². The van der Waals surface area contributed by atoms with Crippen LogP contribution in [0.15, 0.2) is 24.3 Å². The molecule has 6 nitrogen and oxygen atoms in total. The van der Waals surface area contributed by atoms with Crippen molar-refractivity contribution in [2.24, 2.45) is 5.92 Å². The van der Waals surface area contributed by atoms with Crippen molar-refractivity contribution in [1.29, 1.82) is 0 Å². The third-order valence-corrected chi connectivity index (χ3v) is 5.22. The summed E-state index contributed by atoms with van der Waals surface area (Å²) in [5.74, 6) is 0.920. The topological polar surface area (TPSA) is 59.1 Å². The number of likely N-dealkylation sites (tertiary alicyclic amines) is 1. The lowest BCUT2D eigenvalue weighted by Gasteiger charge is -2.38. The average molecular weight is 419 g/mol. The molecule has 2 amide bonds. The highest BCUT2D eigenvalue weighted by Crippen LogP contribution is 2.22. The molecule has 30 heavy (non-hydrogen) atoms. The Morgan fingerprint density at radius 1 is 1.17 bits per heavy atom. The molecule has 0 aliphatic carbocycles. The molecule has 2 atom stereocenters. The van der Waals surface area contributed by atoms with E-state index in [0.717, 1.165) is 24.9 Å². The molecular formula is C24H38N2O4. The van der Waals surface area contributed by atoms with Gasteiger partial charge in [-0.3, -0.25) is 4.79 Å². The van der Waals surface area contributed by atoms with Crippen molar-refractivity contribution in [3.8, 4) is 5.75 Å². The molecule has 1 aromatic carbocycles. The number of aryl methyl sites for hydroxylation is 1. The fraction of sp³-hybridized carbons (Fsp3) is 0.667. The van der Waals surface area contributed by atoms with Crippen LogP contribution in [0.4, 0.5) is 4.79 Å². The molecule has 1 aliphatic heterocycles. The van der Waals surface area contributed by atoms with E-state index in [2.05, 4.69) is 0 Å². The lowest BCUT2D eigenvalue weighted by molar-refractivity contribution is -0.139. The van der Waals surface area contributed by atoms with Crippen LogP contribution in [-0.2, 0) is 9.53 Å². The van der Waals surface area contributed by atoms with E-state index in [4.69, 9.17) is 9.47 Å². The summed E-state index contributed by atoms with van der Waals surface area (Å²) >= 11 is 0. The van der Waals surface area contributed by atoms with Crippen molar-refractivity contribution < 1.29 is 19.1 Å². The van der Waals surface area contributed by atoms with E-state index in [-0.39, 0.29) is 24.0 Å². The molecule has 1 saturated heterocycles. The molecule has 1 aromatic rings.